The predicted molar refractivity (Wildman–Crippen MR) is 175 cm³/mol. The van der Waals surface area contributed by atoms with Gasteiger partial charge in [0.05, 0.1) is 6.61 Å². The van der Waals surface area contributed by atoms with Crippen LogP contribution in [0.2, 0.25) is 5.02 Å². The van der Waals surface area contributed by atoms with Gasteiger partial charge in [-0.3, -0.25) is 4.98 Å². The van der Waals surface area contributed by atoms with Crippen molar-refractivity contribution in [1.29, 1.82) is 0 Å². The molecule has 1 spiro atoms. The number of aromatic nitrogens is 1. The molecule has 1 aromatic heterocycles. The van der Waals surface area contributed by atoms with Crippen LogP contribution in [0.15, 0.2) is 48.7 Å². The van der Waals surface area contributed by atoms with E-state index in [0.717, 1.165) is 55.0 Å². The van der Waals surface area contributed by atoms with E-state index in [1.807, 2.05) is 31.3 Å². The number of anilines is 1. The van der Waals surface area contributed by atoms with Gasteiger partial charge in [0.25, 0.3) is 0 Å². The van der Waals surface area contributed by atoms with Crippen LogP contribution >= 0.6 is 11.6 Å². The summed E-state index contributed by atoms with van der Waals surface area (Å²) in [6, 6.07) is 13.7. The minimum Gasteiger partial charge on any atom is -0.493 e. The highest BCUT2D eigenvalue weighted by atomic mass is 35.5. The summed E-state index contributed by atoms with van der Waals surface area (Å²) in [5.74, 6) is 2.91. The molecule has 7 rings (SSSR count). The van der Waals surface area contributed by atoms with Crippen LogP contribution in [-0.4, -0.2) is 34.5 Å². The van der Waals surface area contributed by atoms with Crippen LogP contribution in [0.5, 0.6) is 17.2 Å². The minimum absolute atomic E-state index is 0.146. The first-order valence-electron chi connectivity index (χ1n) is 16.5. The highest BCUT2D eigenvalue weighted by Crippen LogP contribution is 2.58. The maximum absolute atomic E-state index is 12.9. The SMILES string of the molecule is CC1Oc2cc3c(cc2O1)C1(CCC(Nc2cccc(Cl)c2)(C(=O)O)CC1)[C@@H](C[C@@H](C)COc1ccnc2c1[C@@H](C)CCC2)C3. The Morgan fingerprint density at radius 2 is 1.91 bits per heavy atom. The van der Waals surface area contributed by atoms with Crippen molar-refractivity contribution in [1.82, 2.24) is 4.98 Å². The summed E-state index contributed by atoms with van der Waals surface area (Å²) in [7, 11) is 0. The normalized spacial score (nSPS) is 28.8. The molecule has 0 radical (unpaired) electrons. The van der Waals surface area contributed by atoms with Gasteiger partial charge < -0.3 is 24.6 Å². The number of hydrogen-bond acceptors (Lipinski definition) is 6. The largest absolute Gasteiger partial charge is 0.493 e. The number of carboxylic acid groups (broad SMARTS) is 1. The van der Waals surface area contributed by atoms with E-state index in [-0.39, 0.29) is 11.7 Å². The van der Waals surface area contributed by atoms with Crippen molar-refractivity contribution in [2.45, 2.75) is 102 Å². The molecule has 7 nitrogen and oxygen atoms in total. The number of pyridine rings is 1. The van der Waals surface area contributed by atoms with Gasteiger partial charge in [0.1, 0.15) is 11.3 Å². The molecule has 2 heterocycles. The van der Waals surface area contributed by atoms with Gasteiger partial charge in [-0.05, 0) is 128 Å². The topological polar surface area (TPSA) is 89.9 Å². The van der Waals surface area contributed by atoms with E-state index < -0.39 is 11.5 Å². The van der Waals surface area contributed by atoms with Crippen molar-refractivity contribution in [2.24, 2.45) is 11.8 Å². The molecule has 1 aliphatic heterocycles. The lowest BCUT2D eigenvalue weighted by Gasteiger charge is -2.47. The molecule has 1 unspecified atom stereocenters. The number of carboxylic acids is 1. The fourth-order valence-electron chi connectivity index (χ4n) is 8.68. The summed E-state index contributed by atoms with van der Waals surface area (Å²) in [6.07, 6.45) is 9.45. The summed E-state index contributed by atoms with van der Waals surface area (Å²) in [6.45, 7) is 7.12. The first-order valence-corrected chi connectivity index (χ1v) is 16.9. The third kappa shape index (κ3) is 5.51. The van der Waals surface area contributed by atoms with Crippen LogP contribution in [0, 0.1) is 11.8 Å². The van der Waals surface area contributed by atoms with E-state index in [0.29, 0.717) is 42.2 Å². The third-order valence-corrected chi connectivity index (χ3v) is 11.2. The molecular formula is C37H43ClN2O5. The quantitative estimate of drug-likeness (QED) is 0.259. The van der Waals surface area contributed by atoms with Crippen LogP contribution < -0.4 is 19.5 Å². The molecule has 238 valence electrons. The lowest BCUT2D eigenvalue weighted by Crippen LogP contribution is -2.53. The van der Waals surface area contributed by atoms with Crippen molar-refractivity contribution in [2.75, 3.05) is 11.9 Å². The van der Waals surface area contributed by atoms with E-state index in [2.05, 4.69) is 36.3 Å². The highest BCUT2D eigenvalue weighted by molar-refractivity contribution is 6.30. The van der Waals surface area contributed by atoms with Crippen molar-refractivity contribution in [3.63, 3.8) is 0 Å². The Bertz CT molecular complexity index is 1600. The first kappa shape index (κ1) is 30.2. The molecule has 8 heteroatoms. The minimum atomic E-state index is -1.06. The molecule has 2 aromatic carbocycles. The summed E-state index contributed by atoms with van der Waals surface area (Å²) in [5.41, 5.74) is 4.61. The number of aryl methyl sites for hydroxylation is 1. The van der Waals surface area contributed by atoms with Crippen LogP contribution in [0.25, 0.3) is 0 Å². The van der Waals surface area contributed by atoms with E-state index in [1.165, 1.54) is 35.2 Å². The molecule has 0 amide bonds. The third-order valence-electron chi connectivity index (χ3n) is 10.9. The number of hydrogen-bond donors (Lipinski definition) is 2. The number of halogens is 1. The summed E-state index contributed by atoms with van der Waals surface area (Å²) in [5, 5.41) is 14.5. The van der Waals surface area contributed by atoms with E-state index in [4.69, 9.17) is 25.8 Å². The lowest BCUT2D eigenvalue weighted by atomic mass is 9.59. The number of fused-ring (bicyclic) bond motifs is 4. The van der Waals surface area contributed by atoms with Gasteiger partial charge >= 0.3 is 5.97 Å². The molecule has 0 bridgehead atoms. The Morgan fingerprint density at radius 1 is 1.13 bits per heavy atom. The highest BCUT2D eigenvalue weighted by Gasteiger charge is 2.54. The number of aliphatic carboxylic acids is 1. The molecule has 1 saturated carbocycles. The fourth-order valence-corrected chi connectivity index (χ4v) is 8.87. The average molecular weight is 631 g/mol. The molecule has 1 fully saturated rings. The number of carbonyl (C=O) groups is 1. The second kappa shape index (κ2) is 11.7. The van der Waals surface area contributed by atoms with Gasteiger partial charge in [0, 0.05) is 35.1 Å². The van der Waals surface area contributed by atoms with Crippen molar-refractivity contribution < 1.29 is 24.1 Å². The van der Waals surface area contributed by atoms with Gasteiger partial charge in [-0.2, -0.15) is 0 Å². The van der Waals surface area contributed by atoms with Gasteiger partial charge in [-0.15, -0.1) is 0 Å². The number of ether oxygens (including phenoxy) is 3. The van der Waals surface area contributed by atoms with E-state index >= 15 is 0 Å². The van der Waals surface area contributed by atoms with Crippen LogP contribution in [0.3, 0.4) is 0 Å². The Balaban J connectivity index is 1.14. The zero-order chi connectivity index (χ0) is 31.3. The molecule has 3 aliphatic carbocycles. The van der Waals surface area contributed by atoms with E-state index in [1.54, 1.807) is 12.1 Å². The molecule has 3 aromatic rings. The van der Waals surface area contributed by atoms with Gasteiger partial charge in [-0.25, -0.2) is 4.79 Å². The Labute approximate surface area is 270 Å². The average Bonchev–Trinajstić information content (AvgIpc) is 3.51. The summed E-state index contributed by atoms with van der Waals surface area (Å²) in [4.78, 5) is 17.5. The van der Waals surface area contributed by atoms with E-state index in [9.17, 15) is 9.90 Å². The maximum atomic E-state index is 12.9. The number of nitrogens with zero attached hydrogens (tertiary/aromatic N) is 1. The second-order valence-electron chi connectivity index (χ2n) is 14.0. The zero-order valence-electron chi connectivity index (χ0n) is 26.4. The van der Waals surface area contributed by atoms with Gasteiger partial charge in [0.2, 0.25) is 6.29 Å². The van der Waals surface area contributed by atoms with Crippen molar-refractivity contribution >= 4 is 23.3 Å². The summed E-state index contributed by atoms with van der Waals surface area (Å²) >= 11 is 6.25. The molecular weight excluding hydrogens is 588 g/mol. The first-order chi connectivity index (χ1) is 21.7. The molecule has 4 atom stereocenters. The molecule has 4 aliphatic rings. The smallest absolute Gasteiger partial charge is 0.329 e. The fraction of sp³-hybridized carbons (Fsp3) is 0.514. The van der Waals surface area contributed by atoms with Gasteiger partial charge in [-0.1, -0.05) is 31.5 Å². The maximum Gasteiger partial charge on any atom is 0.329 e. The van der Waals surface area contributed by atoms with Crippen LogP contribution in [-0.2, 0) is 23.1 Å². The monoisotopic (exact) mass is 630 g/mol. The standard InChI is InChI=1S/C37H43ClN2O5/c1-22(21-43-31-10-15-39-30-9-4-6-23(2)34(30)31)16-26-17-25-18-32-33(45-24(3)44-32)20-29(25)36(26)11-13-37(14-12-36,35(41)42)40-28-8-5-7-27(38)19-28/h5,7-8,10,15,18-20,22-24,26,40H,4,6,9,11-14,16-17,21H2,1-3H3,(H,41,42)/t22-,23+,24?,26+,36?,37?/m1/s1. The predicted octanol–water partition coefficient (Wildman–Crippen LogP) is 8.32. The Hall–Kier alpha value is -3.45. The number of benzene rings is 2. The van der Waals surface area contributed by atoms with Crippen molar-refractivity contribution in [3.05, 3.63) is 76.1 Å². The number of rotatable bonds is 8. The molecule has 2 N–H and O–H groups in total. The number of nitrogens with one attached hydrogen (secondary N) is 1. The Morgan fingerprint density at radius 3 is 2.67 bits per heavy atom. The molecule has 0 saturated heterocycles. The Kier molecular flexibility index (Phi) is 7.87. The van der Waals surface area contributed by atoms with Crippen LogP contribution in [0.1, 0.15) is 94.0 Å². The van der Waals surface area contributed by atoms with Crippen molar-refractivity contribution in [3.8, 4) is 17.2 Å². The summed E-state index contributed by atoms with van der Waals surface area (Å²) < 4.78 is 18.5. The second-order valence-corrected chi connectivity index (χ2v) is 14.4. The van der Waals surface area contributed by atoms with Crippen LogP contribution in [0.4, 0.5) is 5.69 Å². The van der Waals surface area contributed by atoms with Gasteiger partial charge in [0.15, 0.2) is 11.5 Å². The molecule has 45 heavy (non-hydrogen) atoms. The zero-order valence-corrected chi connectivity index (χ0v) is 27.2. The lowest BCUT2D eigenvalue weighted by molar-refractivity contribution is -0.144.